The molecule has 0 unspecified atom stereocenters. The summed E-state index contributed by atoms with van der Waals surface area (Å²) in [4.78, 5) is 25.8. The summed E-state index contributed by atoms with van der Waals surface area (Å²) in [6.07, 6.45) is 0. The Kier molecular flexibility index (Phi) is 4.43. The molecule has 1 N–H and O–H groups in total. The van der Waals surface area contributed by atoms with Crippen LogP contribution in [0.3, 0.4) is 0 Å². The zero-order valence-electron chi connectivity index (χ0n) is 14.8. The summed E-state index contributed by atoms with van der Waals surface area (Å²) in [6.45, 7) is 0. The van der Waals surface area contributed by atoms with Crippen LogP contribution in [0.5, 0.6) is 0 Å². The van der Waals surface area contributed by atoms with E-state index in [2.05, 4.69) is 21.0 Å². The number of thiophene rings is 1. The lowest BCUT2D eigenvalue weighted by Crippen LogP contribution is -2.10. The quantitative estimate of drug-likeness (QED) is 0.405. The van der Waals surface area contributed by atoms with E-state index in [0.29, 0.717) is 17.0 Å². The van der Waals surface area contributed by atoms with Crippen molar-refractivity contribution in [3.8, 4) is 11.1 Å². The van der Waals surface area contributed by atoms with E-state index in [4.69, 9.17) is 0 Å². The lowest BCUT2D eigenvalue weighted by Gasteiger charge is -2.04. The Morgan fingerprint density at radius 2 is 1.75 bits per heavy atom. The number of aromatic nitrogens is 3. The molecule has 0 saturated heterocycles. The summed E-state index contributed by atoms with van der Waals surface area (Å²) in [7, 11) is 0. The Morgan fingerprint density at radius 3 is 2.64 bits per heavy atom. The topological polar surface area (TPSA) is 58.6 Å². The van der Waals surface area contributed by atoms with E-state index >= 15 is 0 Å². The highest BCUT2D eigenvalue weighted by Crippen LogP contribution is 2.31. The van der Waals surface area contributed by atoms with Crippen molar-refractivity contribution in [2.45, 2.75) is 10.8 Å². The van der Waals surface area contributed by atoms with E-state index in [1.54, 1.807) is 11.8 Å². The third-order valence-electron chi connectivity index (χ3n) is 4.51. The van der Waals surface area contributed by atoms with E-state index in [1.807, 2.05) is 66.0 Å². The number of hydrogen-bond acceptors (Lipinski definition) is 5. The van der Waals surface area contributed by atoms with Gasteiger partial charge in [-0.2, -0.15) is 0 Å². The molecule has 0 atom stereocenters. The van der Waals surface area contributed by atoms with Crippen molar-refractivity contribution in [1.29, 1.82) is 0 Å². The molecule has 3 heterocycles. The number of benzene rings is 2. The number of H-pyrrole nitrogens is 1. The number of fused-ring (bicyclic) bond motifs is 2. The molecule has 4 nitrogen and oxygen atoms in total. The number of thioether (sulfide) groups is 1. The van der Waals surface area contributed by atoms with Crippen LogP contribution < -0.4 is 5.56 Å². The maximum Gasteiger partial charge on any atom is 0.260 e. The molecule has 5 rings (SSSR count). The maximum atomic E-state index is 12.7. The summed E-state index contributed by atoms with van der Waals surface area (Å²) in [5, 5.41) is 4.70. The molecule has 5 aromatic rings. The van der Waals surface area contributed by atoms with E-state index in [0.717, 1.165) is 31.9 Å². The largest absolute Gasteiger partial charge is 0.309 e. The fourth-order valence-electron chi connectivity index (χ4n) is 3.16. The van der Waals surface area contributed by atoms with Gasteiger partial charge in [-0.1, -0.05) is 66.4 Å². The molecule has 3 aromatic heterocycles. The highest BCUT2D eigenvalue weighted by Gasteiger charge is 2.13. The van der Waals surface area contributed by atoms with Gasteiger partial charge in [-0.05, 0) is 17.7 Å². The van der Waals surface area contributed by atoms with Gasteiger partial charge in [-0.25, -0.2) is 9.97 Å². The minimum atomic E-state index is -0.0906. The zero-order chi connectivity index (χ0) is 18.9. The van der Waals surface area contributed by atoms with Gasteiger partial charge < -0.3 is 4.98 Å². The molecule has 0 saturated carbocycles. The molecule has 0 aliphatic rings. The summed E-state index contributed by atoms with van der Waals surface area (Å²) < 4.78 is 0. The average Bonchev–Trinajstić information content (AvgIpc) is 3.17. The van der Waals surface area contributed by atoms with Gasteiger partial charge in [-0.3, -0.25) is 4.79 Å². The minimum Gasteiger partial charge on any atom is -0.309 e. The minimum absolute atomic E-state index is 0.0906. The Balaban J connectivity index is 1.44. The second-order valence-electron chi connectivity index (χ2n) is 6.34. The van der Waals surface area contributed by atoms with E-state index in [-0.39, 0.29) is 5.56 Å². The average molecular weight is 402 g/mol. The third-order valence-corrected chi connectivity index (χ3v) is 6.32. The van der Waals surface area contributed by atoms with Gasteiger partial charge in [-0.15, -0.1) is 11.3 Å². The maximum absolute atomic E-state index is 12.7. The van der Waals surface area contributed by atoms with Gasteiger partial charge in [0.25, 0.3) is 5.56 Å². The van der Waals surface area contributed by atoms with Gasteiger partial charge in [0.1, 0.15) is 10.7 Å². The first-order valence-electron chi connectivity index (χ1n) is 8.82. The predicted octanol–water partition coefficient (Wildman–Crippen LogP) is 5.49. The van der Waals surface area contributed by atoms with E-state index in [9.17, 15) is 4.79 Å². The summed E-state index contributed by atoms with van der Waals surface area (Å²) >= 11 is 3.07. The Hall–Kier alpha value is -2.96. The second kappa shape index (κ2) is 7.22. The number of pyridine rings is 1. The van der Waals surface area contributed by atoms with Gasteiger partial charge in [0, 0.05) is 16.3 Å². The molecule has 6 heteroatoms. The van der Waals surface area contributed by atoms with Crippen molar-refractivity contribution in [2.75, 3.05) is 0 Å². The predicted molar refractivity (Wildman–Crippen MR) is 117 cm³/mol. The molecule has 0 radical (unpaired) electrons. The number of para-hydroxylation sites is 1. The number of rotatable bonds is 4. The number of nitrogens with zero attached hydrogens (tertiary/aromatic N) is 2. The summed E-state index contributed by atoms with van der Waals surface area (Å²) in [5.74, 6) is 1.23. The van der Waals surface area contributed by atoms with Crippen molar-refractivity contribution in [1.82, 2.24) is 15.0 Å². The number of nitrogens with one attached hydrogen (secondary N) is 1. The van der Waals surface area contributed by atoms with Gasteiger partial charge in [0.2, 0.25) is 0 Å². The van der Waals surface area contributed by atoms with E-state index in [1.165, 1.54) is 11.3 Å². The molecule has 0 fully saturated rings. The normalized spacial score (nSPS) is 11.3. The molecule has 0 bridgehead atoms. The van der Waals surface area contributed by atoms with E-state index < -0.39 is 0 Å². The van der Waals surface area contributed by atoms with Crippen LogP contribution in [-0.4, -0.2) is 15.0 Å². The molecule has 0 aliphatic heterocycles. The molecule has 0 spiro atoms. The molecule has 2 aromatic carbocycles. The van der Waals surface area contributed by atoms with Crippen LogP contribution in [0, 0.1) is 0 Å². The van der Waals surface area contributed by atoms with Gasteiger partial charge in [0.05, 0.1) is 21.7 Å². The molecule has 0 aliphatic carbocycles. The highest BCUT2D eigenvalue weighted by atomic mass is 32.2. The Bertz CT molecular complexity index is 1340. The third kappa shape index (κ3) is 3.21. The first-order valence-corrected chi connectivity index (χ1v) is 10.7. The van der Waals surface area contributed by atoms with Crippen LogP contribution in [0.4, 0.5) is 0 Å². The standard InChI is InChI=1S/C22H15N3OS2/c26-21-20-16(14-6-2-1-3-7-14)12-28-22(20)25-18(24-21)13-27-19-11-10-15-8-4-5-9-17(15)23-19/h1-12H,13H2,(H,24,25,26). The molecular weight excluding hydrogens is 386 g/mol. The van der Waals surface area contributed by atoms with Crippen molar-refractivity contribution >= 4 is 44.2 Å². The van der Waals surface area contributed by atoms with Crippen LogP contribution in [0.2, 0.25) is 0 Å². The molecule has 136 valence electrons. The van der Waals surface area contributed by atoms with Crippen LogP contribution in [0.1, 0.15) is 5.82 Å². The smallest absolute Gasteiger partial charge is 0.260 e. The first kappa shape index (κ1) is 17.2. The highest BCUT2D eigenvalue weighted by molar-refractivity contribution is 7.98. The monoisotopic (exact) mass is 401 g/mol. The lowest BCUT2D eigenvalue weighted by atomic mass is 10.1. The van der Waals surface area contributed by atoms with Gasteiger partial charge in [0.15, 0.2) is 0 Å². The summed E-state index contributed by atoms with van der Waals surface area (Å²) in [5.41, 5.74) is 2.84. The van der Waals surface area contributed by atoms with Crippen LogP contribution in [-0.2, 0) is 5.75 Å². The molecule has 0 amide bonds. The van der Waals surface area contributed by atoms with Crippen LogP contribution >= 0.6 is 23.1 Å². The Morgan fingerprint density at radius 1 is 0.929 bits per heavy atom. The van der Waals surface area contributed by atoms with Gasteiger partial charge >= 0.3 is 0 Å². The van der Waals surface area contributed by atoms with Crippen molar-refractivity contribution in [3.63, 3.8) is 0 Å². The molecule has 28 heavy (non-hydrogen) atoms. The van der Waals surface area contributed by atoms with Crippen molar-refractivity contribution < 1.29 is 0 Å². The summed E-state index contributed by atoms with van der Waals surface area (Å²) in [6, 6.07) is 22.0. The Labute approximate surface area is 169 Å². The second-order valence-corrected chi connectivity index (χ2v) is 8.19. The fourth-order valence-corrected chi connectivity index (χ4v) is 4.88. The lowest BCUT2D eigenvalue weighted by molar-refractivity contribution is 1.04. The molecular formula is C22H15N3OS2. The van der Waals surface area contributed by atoms with Crippen molar-refractivity contribution in [3.05, 3.63) is 88.3 Å². The fraction of sp³-hybridized carbons (Fsp3) is 0.0455. The SMILES string of the molecule is O=c1[nH]c(CSc2ccc3ccccc3n2)nc2scc(-c3ccccc3)c12. The van der Waals surface area contributed by atoms with Crippen LogP contribution in [0.25, 0.3) is 32.2 Å². The number of aromatic amines is 1. The van der Waals surface area contributed by atoms with Crippen LogP contribution in [0.15, 0.2) is 81.9 Å². The number of hydrogen-bond donors (Lipinski definition) is 1. The zero-order valence-corrected chi connectivity index (χ0v) is 16.4. The van der Waals surface area contributed by atoms with Crippen molar-refractivity contribution in [2.24, 2.45) is 0 Å². The first-order chi connectivity index (χ1) is 13.8.